The van der Waals surface area contributed by atoms with E-state index in [1.54, 1.807) is 0 Å². The molecule has 0 aromatic rings. The van der Waals surface area contributed by atoms with Crippen LogP contribution in [0.25, 0.3) is 0 Å². The van der Waals surface area contributed by atoms with E-state index in [1.807, 2.05) is 0 Å². The van der Waals surface area contributed by atoms with E-state index in [2.05, 4.69) is 24.1 Å². The highest BCUT2D eigenvalue weighted by Crippen LogP contribution is 2.05. The highest BCUT2D eigenvalue weighted by Gasteiger charge is 2.12. The molecule has 1 aliphatic rings. The Hall–Kier alpha value is -0.120. The Bertz CT molecular complexity index is 143. The maximum Gasteiger partial charge on any atom is 0.0619 e. The number of hydrogen-bond acceptors (Lipinski definition) is 3. The molecule has 0 aliphatic carbocycles. The van der Waals surface area contributed by atoms with Crippen LogP contribution < -0.4 is 5.32 Å². The number of nitrogens with zero attached hydrogens (tertiary/aromatic N) is 1. The van der Waals surface area contributed by atoms with Gasteiger partial charge in [-0.15, -0.1) is 0 Å². The lowest BCUT2D eigenvalue weighted by Crippen LogP contribution is -2.38. The van der Waals surface area contributed by atoms with Crippen LogP contribution in [-0.4, -0.2) is 50.3 Å². The second-order valence-corrected chi connectivity index (χ2v) is 4.25. The van der Waals surface area contributed by atoms with Crippen molar-refractivity contribution in [1.29, 1.82) is 0 Å². The van der Waals surface area contributed by atoms with E-state index in [9.17, 15) is 0 Å². The first-order valence-electron chi connectivity index (χ1n) is 6.40. The fourth-order valence-corrected chi connectivity index (χ4v) is 2.05. The van der Waals surface area contributed by atoms with Crippen LogP contribution in [0.1, 0.15) is 33.1 Å². The summed E-state index contributed by atoms with van der Waals surface area (Å²) in [6.07, 6.45) is 3.75. The van der Waals surface area contributed by atoms with Crippen molar-refractivity contribution in [3.05, 3.63) is 0 Å². The van der Waals surface area contributed by atoms with Crippen molar-refractivity contribution in [2.24, 2.45) is 0 Å². The summed E-state index contributed by atoms with van der Waals surface area (Å²) in [6.45, 7) is 11.0. The minimum Gasteiger partial charge on any atom is -0.380 e. The van der Waals surface area contributed by atoms with Gasteiger partial charge in [-0.05, 0) is 45.4 Å². The predicted octanol–water partition coefficient (Wildman–Crippen LogP) is 1.49. The summed E-state index contributed by atoms with van der Waals surface area (Å²) >= 11 is 0. The van der Waals surface area contributed by atoms with Crippen LogP contribution in [0.5, 0.6) is 0 Å². The van der Waals surface area contributed by atoms with Gasteiger partial charge in [0.25, 0.3) is 0 Å². The minimum atomic E-state index is 0.607. The zero-order valence-corrected chi connectivity index (χ0v) is 10.3. The molecule has 1 heterocycles. The second-order valence-electron chi connectivity index (χ2n) is 4.25. The summed E-state index contributed by atoms with van der Waals surface area (Å²) in [5.74, 6) is 0. The molecular formula is C12H26N2O. The number of rotatable bonds is 7. The predicted molar refractivity (Wildman–Crippen MR) is 64.2 cm³/mol. The average Bonchev–Trinajstić information content (AvgIpc) is 2.31. The standard InChI is InChI=1S/C12H26N2O/c1-3-14(4-2)9-6-8-13-12-7-5-10-15-11-12/h12-13H,3-11H2,1-2H3. The molecule has 1 unspecified atom stereocenters. The maximum atomic E-state index is 5.43. The smallest absolute Gasteiger partial charge is 0.0619 e. The summed E-state index contributed by atoms with van der Waals surface area (Å²) in [7, 11) is 0. The average molecular weight is 214 g/mol. The highest BCUT2D eigenvalue weighted by molar-refractivity contribution is 4.69. The Kier molecular flexibility index (Phi) is 6.98. The van der Waals surface area contributed by atoms with Crippen molar-refractivity contribution in [3.63, 3.8) is 0 Å². The summed E-state index contributed by atoms with van der Waals surface area (Å²) < 4.78 is 5.43. The van der Waals surface area contributed by atoms with Crippen molar-refractivity contribution in [2.45, 2.75) is 39.2 Å². The molecule has 0 saturated carbocycles. The molecule has 1 fully saturated rings. The SMILES string of the molecule is CCN(CC)CCCNC1CCCOC1. The molecule has 1 N–H and O–H groups in total. The molecule has 1 atom stereocenters. The lowest BCUT2D eigenvalue weighted by molar-refractivity contribution is 0.0702. The van der Waals surface area contributed by atoms with E-state index in [0.717, 1.165) is 19.8 Å². The number of nitrogens with one attached hydrogen (secondary N) is 1. The van der Waals surface area contributed by atoms with Gasteiger partial charge in [-0.25, -0.2) is 0 Å². The third-order valence-electron chi connectivity index (χ3n) is 3.14. The minimum absolute atomic E-state index is 0.607. The molecular weight excluding hydrogens is 188 g/mol. The van der Waals surface area contributed by atoms with Gasteiger partial charge in [0.2, 0.25) is 0 Å². The van der Waals surface area contributed by atoms with Crippen molar-refractivity contribution in [2.75, 3.05) is 39.4 Å². The molecule has 1 saturated heterocycles. The third-order valence-corrected chi connectivity index (χ3v) is 3.14. The van der Waals surface area contributed by atoms with Gasteiger partial charge in [0, 0.05) is 12.6 Å². The normalized spacial score (nSPS) is 22.2. The van der Waals surface area contributed by atoms with Gasteiger partial charge in [-0.3, -0.25) is 0 Å². The fraction of sp³-hybridized carbons (Fsp3) is 1.00. The Morgan fingerprint density at radius 3 is 2.73 bits per heavy atom. The van der Waals surface area contributed by atoms with Crippen LogP contribution in [0.4, 0.5) is 0 Å². The van der Waals surface area contributed by atoms with Crippen molar-refractivity contribution in [1.82, 2.24) is 10.2 Å². The van der Waals surface area contributed by atoms with E-state index in [0.29, 0.717) is 6.04 Å². The van der Waals surface area contributed by atoms with Gasteiger partial charge in [0.15, 0.2) is 0 Å². The van der Waals surface area contributed by atoms with E-state index in [4.69, 9.17) is 4.74 Å². The zero-order valence-electron chi connectivity index (χ0n) is 10.3. The largest absolute Gasteiger partial charge is 0.380 e. The van der Waals surface area contributed by atoms with Gasteiger partial charge in [0.05, 0.1) is 6.61 Å². The van der Waals surface area contributed by atoms with Crippen LogP contribution in [0.2, 0.25) is 0 Å². The van der Waals surface area contributed by atoms with E-state index < -0.39 is 0 Å². The number of ether oxygens (including phenoxy) is 1. The Labute approximate surface area is 94.2 Å². The first kappa shape index (κ1) is 12.9. The molecule has 0 bridgehead atoms. The van der Waals surface area contributed by atoms with Crippen molar-refractivity contribution in [3.8, 4) is 0 Å². The molecule has 3 heteroatoms. The lowest BCUT2D eigenvalue weighted by Gasteiger charge is -2.24. The van der Waals surface area contributed by atoms with Crippen LogP contribution >= 0.6 is 0 Å². The molecule has 1 aliphatic heterocycles. The van der Waals surface area contributed by atoms with Gasteiger partial charge < -0.3 is 15.0 Å². The first-order chi connectivity index (χ1) is 7.36. The van der Waals surface area contributed by atoms with Crippen LogP contribution in [-0.2, 0) is 4.74 Å². The van der Waals surface area contributed by atoms with Gasteiger partial charge >= 0.3 is 0 Å². The maximum absolute atomic E-state index is 5.43. The Morgan fingerprint density at radius 2 is 2.13 bits per heavy atom. The van der Waals surface area contributed by atoms with Crippen molar-refractivity contribution >= 4 is 0 Å². The van der Waals surface area contributed by atoms with Crippen LogP contribution in [0, 0.1) is 0 Å². The second kappa shape index (κ2) is 8.08. The molecule has 1 rings (SSSR count). The topological polar surface area (TPSA) is 24.5 Å². The first-order valence-corrected chi connectivity index (χ1v) is 6.40. The van der Waals surface area contributed by atoms with Crippen LogP contribution in [0.15, 0.2) is 0 Å². The molecule has 0 spiro atoms. The summed E-state index contributed by atoms with van der Waals surface area (Å²) in [5, 5.41) is 3.57. The van der Waals surface area contributed by atoms with Gasteiger partial charge in [-0.1, -0.05) is 13.8 Å². The summed E-state index contributed by atoms with van der Waals surface area (Å²) in [4.78, 5) is 2.47. The van der Waals surface area contributed by atoms with E-state index in [-0.39, 0.29) is 0 Å². The lowest BCUT2D eigenvalue weighted by atomic mass is 10.1. The molecule has 0 radical (unpaired) electrons. The fourth-order valence-electron chi connectivity index (χ4n) is 2.05. The van der Waals surface area contributed by atoms with Crippen LogP contribution in [0.3, 0.4) is 0 Å². The van der Waals surface area contributed by atoms with Crippen molar-refractivity contribution < 1.29 is 4.74 Å². The summed E-state index contributed by atoms with van der Waals surface area (Å²) in [6, 6.07) is 0.607. The molecule has 0 aromatic heterocycles. The van der Waals surface area contributed by atoms with Gasteiger partial charge in [0.1, 0.15) is 0 Å². The summed E-state index contributed by atoms with van der Waals surface area (Å²) in [5.41, 5.74) is 0. The number of hydrogen-bond donors (Lipinski definition) is 1. The van der Waals surface area contributed by atoms with E-state index >= 15 is 0 Å². The molecule has 15 heavy (non-hydrogen) atoms. The highest BCUT2D eigenvalue weighted by atomic mass is 16.5. The van der Waals surface area contributed by atoms with E-state index in [1.165, 1.54) is 38.9 Å². The Morgan fingerprint density at radius 1 is 1.33 bits per heavy atom. The third kappa shape index (κ3) is 5.50. The molecule has 3 nitrogen and oxygen atoms in total. The molecule has 0 aromatic carbocycles. The quantitative estimate of drug-likeness (QED) is 0.650. The molecule has 90 valence electrons. The Balaban J connectivity index is 1.95. The zero-order chi connectivity index (χ0) is 10.9. The molecule has 0 amide bonds. The monoisotopic (exact) mass is 214 g/mol. The van der Waals surface area contributed by atoms with Gasteiger partial charge in [-0.2, -0.15) is 0 Å².